The fourth-order valence-electron chi connectivity index (χ4n) is 3.29. The Kier molecular flexibility index (Phi) is 8.43. The van der Waals surface area contributed by atoms with Crippen LogP contribution in [0.2, 0.25) is 0 Å². The van der Waals surface area contributed by atoms with Crippen LogP contribution in [0.25, 0.3) is 0 Å². The molecule has 3 N–H and O–H groups in total. The normalized spacial score (nSPS) is 13.7. The van der Waals surface area contributed by atoms with Crippen molar-refractivity contribution in [2.75, 3.05) is 6.54 Å². The molecule has 1 heterocycles. The van der Waals surface area contributed by atoms with Crippen molar-refractivity contribution in [3.05, 3.63) is 65.0 Å². The van der Waals surface area contributed by atoms with E-state index in [0.717, 1.165) is 23.9 Å². The van der Waals surface area contributed by atoms with Crippen LogP contribution in [0.1, 0.15) is 44.6 Å². The highest BCUT2D eigenvalue weighted by molar-refractivity contribution is 5.73. The van der Waals surface area contributed by atoms with Gasteiger partial charge in [-0.15, -0.1) is 0 Å². The maximum atomic E-state index is 13.5. The summed E-state index contributed by atoms with van der Waals surface area (Å²) in [7, 11) is 0. The lowest BCUT2D eigenvalue weighted by molar-refractivity contribution is -0.120. The molecule has 2 aromatic rings. The summed E-state index contributed by atoms with van der Waals surface area (Å²) in [4.78, 5) is 16.2. The number of hydrogen-bond acceptors (Lipinski definition) is 4. The summed E-state index contributed by atoms with van der Waals surface area (Å²) in [6.45, 7) is 8.45. The van der Waals surface area contributed by atoms with Crippen LogP contribution in [0.15, 0.2) is 36.4 Å². The van der Waals surface area contributed by atoms with E-state index in [1.807, 2.05) is 18.2 Å². The SMILES string of the molecule is CC(=O)N[C@@H](Cc1cc(F)cc(F)c1)[C@H](O)CNCc1cccc(CC(C)(C)C)n1. The fourth-order valence-corrected chi connectivity index (χ4v) is 3.29. The predicted molar refractivity (Wildman–Crippen MR) is 113 cm³/mol. The molecule has 0 unspecified atom stereocenters. The van der Waals surface area contributed by atoms with Crippen LogP contribution in [0.5, 0.6) is 0 Å². The van der Waals surface area contributed by atoms with Crippen LogP contribution in [0.4, 0.5) is 8.78 Å². The maximum Gasteiger partial charge on any atom is 0.217 e. The summed E-state index contributed by atoms with van der Waals surface area (Å²) < 4.78 is 26.9. The van der Waals surface area contributed by atoms with Gasteiger partial charge in [-0.2, -0.15) is 0 Å². The molecule has 1 aromatic carbocycles. The Hall–Kier alpha value is -2.38. The van der Waals surface area contributed by atoms with E-state index in [1.165, 1.54) is 19.1 Å². The van der Waals surface area contributed by atoms with Gasteiger partial charge in [0.25, 0.3) is 0 Å². The predicted octanol–water partition coefficient (Wildman–Crippen LogP) is 3.15. The molecular weight excluding hydrogens is 388 g/mol. The molecule has 164 valence electrons. The molecule has 0 aliphatic carbocycles. The van der Waals surface area contributed by atoms with Crippen molar-refractivity contribution in [2.45, 2.75) is 59.2 Å². The highest BCUT2D eigenvalue weighted by atomic mass is 19.1. The van der Waals surface area contributed by atoms with Crippen LogP contribution < -0.4 is 10.6 Å². The molecule has 0 saturated carbocycles. The quantitative estimate of drug-likeness (QED) is 0.584. The summed E-state index contributed by atoms with van der Waals surface area (Å²) in [5, 5.41) is 16.4. The monoisotopic (exact) mass is 419 g/mol. The number of rotatable bonds is 9. The number of halogens is 2. The van der Waals surface area contributed by atoms with Crippen molar-refractivity contribution in [1.82, 2.24) is 15.6 Å². The second kappa shape index (κ2) is 10.6. The molecule has 0 aliphatic heterocycles. The Morgan fingerprint density at radius 1 is 1.13 bits per heavy atom. The molecule has 2 rings (SSSR count). The number of nitrogens with one attached hydrogen (secondary N) is 2. The van der Waals surface area contributed by atoms with E-state index in [0.29, 0.717) is 12.1 Å². The average Bonchev–Trinajstić information content (AvgIpc) is 2.58. The van der Waals surface area contributed by atoms with E-state index in [-0.39, 0.29) is 24.3 Å². The van der Waals surface area contributed by atoms with Crippen LogP contribution in [-0.4, -0.2) is 34.7 Å². The molecule has 5 nitrogen and oxygen atoms in total. The highest BCUT2D eigenvalue weighted by Crippen LogP contribution is 2.19. The molecule has 0 aliphatic rings. The van der Waals surface area contributed by atoms with Gasteiger partial charge in [0.2, 0.25) is 5.91 Å². The Morgan fingerprint density at radius 3 is 2.37 bits per heavy atom. The van der Waals surface area contributed by atoms with Crippen molar-refractivity contribution in [2.24, 2.45) is 5.41 Å². The maximum absolute atomic E-state index is 13.5. The third kappa shape index (κ3) is 8.55. The largest absolute Gasteiger partial charge is 0.390 e. The molecule has 0 saturated heterocycles. The van der Waals surface area contributed by atoms with Gasteiger partial charge < -0.3 is 15.7 Å². The second-order valence-corrected chi connectivity index (χ2v) is 8.84. The molecule has 0 radical (unpaired) electrons. The molecule has 0 bridgehead atoms. The summed E-state index contributed by atoms with van der Waals surface area (Å²) in [6.07, 6.45) is 0.0206. The first-order valence-electron chi connectivity index (χ1n) is 10.1. The molecule has 1 aromatic heterocycles. The highest BCUT2D eigenvalue weighted by Gasteiger charge is 2.21. The van der Waals surface area contributed by atoms with Gasteiger partial charge in [0.05, 0.1) is 17.8 Å². The van der Waals surface area contributed by atoms with Gasteiger partial charge >= 0.3 is 0 Å². The van der Waals surface area contributed by atoms with Gasteiger partial charge in [-0.05, 0) is 48.1 Å². The number of carbonyl (C=O) groups is 1. The van der Waals surface area contributed by atoms with E-state index in [4.69, 9.17) is 0 Å². The standard InChI is InChI=1S/C23H31F2N3O2/c1-15(29)27-21(10-16-8-17(24)11-18(25)9-16)22(30)14-26-13-20-7-5-6-19(28-20)12-23(2,3)4/h5-9,11,21-22,26,30H,10,12-14H2,1-4H3,(H,27,29)/t21-,22+/m0/s1. The Morgan fingerprint density at radius 2 is 1.77 bits per heavy atom. The summed E-state index contributed by atoms with van der Waals surface area (Å²) in [5.41, 5.74) is 2.36. The number of aromatic nitrogens is 1. The zero-order chi connectivity index (χ0) is 22.3. The third-order valence-electron chi connectivity index (χ3n) is 4.47. The first-order chi connectivity index (χ1) is 14.0. The minimum Gasteiger partial charge on any atom is -0.390 e. The van der Waals surface area contributed by atoms with Crippen molar-refractivity contribution >= 4 is 5.91 Å². The van der Waals surface area contributed by atoms with Gasteiger partial charge in [0, 0.05) is 31.8 Å². The fraction of sp³-hybridized carbons (Fsp3) is 0.478. The van der Waals surface area contributed by atoms with Crippen molar-refractivity contribution < 1.29 is 18.7 Å². The Balaban J connectivity index is 1.96. The topological polar surface area (TPSA) is 74.2 Å². The lowest BCUT2D eigenvalue weighted by atomic mass is 9.90. The van der Waals surface area contributed by atoms with Crippen LogP contribution in [-0.2, 0) is 24.2 Å². The summed E-state index contributed by atoms with van der Waals surface area (Å²) >= 11 is 0. The lowest BCUT2D eigenvalue weighted by Crippen LogP contribution is -2.48. The van der Waals surface area contributed by atoms with E-state index >= 15 is 0 Å². The number of nitrogens with zero attached hydrogens (tertiary/aromatic N) is 1. The number of benzene rings is 1. The molecular formula is C23H31F2N3O2. The van der Waals surface area contributed by atoms with Crippen LogP contribution in [0, 0.1) is 17.0 Å². The first-order valence-corrected chi connectivity index (χ1v) is 10.1. The van der Waals surface area contributed by atoms with Crippen molar-refractivity contribution in [3.63, 3.8) is 0 Å². The van der Waals surface area contributed by atoms with Gasteiger partial charge in [-0.3, -0.25) is 9.78 Å². The van der Waals surface area contributed by atoms with Gasteiger partial charge in [-0.1, -0.05) is 26.8 Å². The van der Waals surface area contributed by atoms with Gasteiger partial charge in [-0.25, -0.2) is 8.78 Å². The average molecular weight is 420 g/mol. The van der Waals surface area contributed by atoms with E-state index in [2.05, 4.69) is 36.4 Å². The van der Waals surface area contributed by atoms with Crippen LogP contribution >= 0.6 is 0 Å². The number of pyridine rings is 1. The number of hydrogen-bond donors (Lipinski definition) is 3. The minimum atomic E-state index is -0.946. The molecule has 1 amide bonds. The lowest BCUT2D eigenvalue weighted by Gasteiger charge is -2.24. The van der Waals surface area contributed by atoms with Crippen LogP contribution in [0.3, 0.4) is 0 Å². The number of aliphatic hydroxyl groups excluding tert-OH is 1. The van der Waals surface area contributed by atoms with Gasteiger partial charge in [0.15, 0.2) is 0 Å². The molecule has 2 atom stereocenters. The van der Waals surface area contributed by atoms with E-state index in [9.17, 15) is 18.7 Å². The second-order valence-electron chi connectivity index (χ2n) is 8.84. The number of amides is 1. The first kappa shape index (κ1) is 23.9. The number of carbonyl (C=O) groups excluding carboxylic acids is 1. The smallest absolute Gasteiger partial charge is 0.217 e. The third-order valence-corrected chi connectivity index (χ3v) is 4.47. The summed E-state index contributed by atoms with van der Waals surface area (Å²) in [5.74, 6) is -1.71. The van der Waals surface area contributed by atoms with Gasteiger partial charge in [0.1, 0.15) is 11.6 Å². The zero-order valence-electron chi connectivity index (χ0n) is 18.0. The van der Waals surface area contributed by atoms with E-state index < -0.39 is 23.8 Å². The number of aliphatic hydroxyl groups is 1. The zero-order valence-corrected chi connectivity index (χ0v) is 18.0. The molecule has 7 heteroatoms. The van der Waals surface area contributed by atoms with E-state index in [1.54, 1.807) is 0 Å². The van der Waals surface area contributed by atoms with Crippen molar-refractivity contribution in [1.29, 1.82) is 0 Å². The Bertz CT molecular complexity index is 832. The molecule has 0 spiro atoms. The summed E-state index contributed by atoms with van der Waals surface area (Å²) in [6, 6.07) is 8.36. The molecule has 30 heavy (non-hydrogen) atoms. The van der Waals surface area contributed by atoms with Crippen molar-refractivity contribution in [3.8, 4) is 0 Å². The minimum absolute atomic E-state index is 0.108. The Labute approximate surface area is 176 Å². The molecule has 0 fully saturated rings.